The Morgan fingerprint density at radius 1 is 1.57 bits per heavy atom. The van der Waals surface area contributed by atoms with Crippen LogP contribution in [0.3, 0.4) is 0 Å². The van der Waals surface area contributed by atoms with Crippen LogP contribution in [-0.2, 0) is 0 Å². The molecule has 0 aliphatic heterocycles. The summed E-state index contributed by atoms with van der Waals surface area (Å²) in [6.07, 6.45) is 3.75. The summed E-state index contributed by atoms with van der Waals surface area (Å²) in [7, 11) is 2.75. The Labute approximate surface area is 46.9 Å². The summed E-state index contributed by atoms with van der Waals surface area (Å²) in [6.45, 7) is 0. The van der Waals surface area contributed by atoms with Crippen molar-refractivity contribution in [2.75, 3.05) is 6.16 Å². The molecule has 0 amide bonds. The quantitative estimate of drug-likeness (QED) is 0.500. The molecule has 0 bridgehead atoms. The zero-order valence-electron chi connectivity index (χ0n) is 4.43. The van der Waals surface area contributed by atoms with E-state index in [0.29, 0.717) is 6.04 Å². The molecule has 1 atom stereocenters. The summed E-state index contributed by atoms with van der Waals surface area (Å²) in [4.78, 5) is 0. The lowest BCUT2D eigenvalue weighted by Gasteiger charge is -2.30. The average molecular weight is 117 g/mol. The fourth-order valence-corrected chi connectivity index (χ4v) is 1.36. The van der Waals surface area contributed by atoms with E-state index in [2.05, 4.69) is 9.24 Å². The van der Waals surface area contributed by atoms with Crippen LogP contribution in [-0.4, -0.2) is 12.2 Å². The van der Waals surface area contributed by atoms with Gasteiger partial charge in [0.1, 0.15) is 0 Å². The Morgan fingerprint density at radius 2 is 2.14 bits per heavy atom. The molecule has 1 unspecified atom stereocenters. The Bertz CT molecular complexity index is 59.1. The monoisotopic (exact) mass is 117 g/mol. The van der Waals surface area contributed by atoms with E-state index in [-0.39, 0.29) is 0 Å². The Morgan fingerprint density at radius 3 is 2.29 bits per heavy atom. The van der Waals surface area contributed by atoms with Gasteiger partial charge in [-0.2, -0.15) is 0 Å². The third kappa shape index (κ3) is 1.14. The van der Waals surface area contributed by atoms with Crippen LogP contribution in [0.25, 0.3) is 0 Å². The normalized spacial score (nSPS) is 40.3. The second-order valence-electron chi connectivity index (χ2n) is 2.33. The van der Waals surface area contributed by atoms with E-state index < -0.39 is 0 Å². The van der Waals surface area contributed by atoms with E-state index in [0.717, 1.165) is 5.92 Å². The van der Waals surface area contributed by atoms with Gasteiger partial charge in [-0.05, 0) is 24.9 Å². The highest BCUT2D eigenvalue weighted by Crippen LogP contribution is 2.26. The average Bonchev–Trinajstić information content (AvgIpc) is 1.58. The topological polar surface area (TPSA) is 26.0 Å². The molecule has 0 saturated heterocycles. The number of hydrogen-bond donors (Lipinski definition) is 1. The summed E-state index contributed by atoms with van der Waals surface area (Å²) in [5, 5.41) is 0. The first kappa shape index (κ1) is 5.53. The molecule has 0 heterocycles. The second-order valence-corrected chi connectivity index (χ2v) is 2.80. The Kier molecular flexibility index (Phi) is 1.66. The molecule has 0 aromatic rings. The fourth-order valence-electron chi connectivity index (χ4n) is 0.980. The standard InChI is InChI=1S/C5H12NP/c6-5-1-4(2-5)3-7/h4-5H,1-3,6-7H2. The van der Waals surface area contributed by atoms with Crippen molar-refractivity contribution in [1.29, 1.82) is 0 Å². The van der Waals surface area contributed by atoms with Crippen LogP contribution in [0.2, 0.25) is 0 Å². The molecule has 7 heavy (non-hydrogen) atoms. The van der Waals surface area contributed by atoms with Gasteiger partial charge in [-0.1, -0.05) is 0 Å². The largest absolute Gasteiger partial charge is 0.328 e. The molecule has 0 spiro atoms. The summed E-state index contributed by atoms with van der Waals surface area (Å²) in [6, 6.07) is 0.533. The molecular weight excluding hydrogens is 105 g/mol. The van der Waals surface area contributed by atoms with Gasteiger partial charge in [0, 0.05) is 6.04 Å². The van der Waals surface area contributed by atoms with Crippen molar-refractivity contribution < 1.29 is 0 Å². The van der Waals surface area contributed by atoms with E-state index >= 15 is 0 Å². The van der Waals surface area contributed by atoms with E-state index in [9.17, 15) is 0 Å². The smallest absolute Gasteiger partial charge is 0.00443 e. The molecule has 0 aromatic heterocycles. The molecule has 1 rings (SSSR count). The zero-order chi connectivity index (χ0) is 5.28. The first-order valence-corrected chi connectivity index (χ1v) is 3.60. The molecule has 2 N–H and O–H groups in total. The summed E-state index contributed by atoms with van der Waals surface area (Å²) in [5.74, 6) is 0.931. The van der Waals surface area contributed by atoms with E-state index in [4.69, 9.17) is 5.73 Å². The van der Waals surface area contributed by atoms with Gasteiger partial charge in [-0.25, -0.2) is 0 Å². The highest BCUT2D eigenvalue weighted by Gasteiger charge is 2.23. The number of hydrogen-bond acceptors (Lipinski definition) is 1. The van der Waals surface area contributed by atoms with Crippen molar-refractivity contribution in [3.8, 4) is 0 Å². The van der Waals surface area contributed by atoms with Crippen molar-refractivity contribution in [3.05, 3.63) is 0 Å². The van der Waals surface area contributed by atoms with Crippen molar-refractivity contribution >= 4 is 9.24 Å². The summed E-state index contributed by atoms with van der Waals surface area (Å²) in [5.41, 5.74) is 5.54. The Balaban J connectivity index is 2.06. The predicted molar refractivity (Wildman–Crippen MR) is 35.3 cm³/mol. The first-order valence-electron chi connectivity index (χ1n) is 2.78. The van der Waals surface area contributed by atoms with Gasteiger partial charge in [0.2, 0.25) is 0 Å². The second kappa shape index (κ2) is 2.11. The van der Waals surface area contributed by atoms with Crippen LogP contribution in [0, 0.1) is 5.92 Å². The van der Waals surface area contributed by atoms with Gasteiger partial charge in [-0.15, -0.1) is 9.24 Å². The van der Waals surface area contributed by atoms with Crippen LogP contribution in [0.5, 0.6) is 0 Å². The highest BCUT2D eigenvalue weighted by molar-refractivity contribution is 7.16. The van der Waals surface area contributed by atoms with Crippen molar-refractivity contribution in [1.82, 2.24) is 0 Å². The van der Waals surface area contributed by atoms with Gasteiger partial charge in [0.05, 0.1) is 0 Å². The molecule has 1 aliphatic carbocycles. The maximum absolute atomic E-state index is 5.54. The SMILES string of the molecule is NC1CC(CP)C1. The van der Waals surface area contributed by atoms with E-state index in [1.165, 1.54) is 19.0 Å². The zero-order valence-corrected chi connectivity index (χ0v) is 5.59. The van der Waals surface area contributed by atoms with Gasteiger partial charge in [-0.3, -0.25) is 0 Å². The molecule has 1 nitrogen and oxygen atoms in total. The molecule has 1 aliphatic rings. The maximum atomic E-state index is 5.54. The van der Waals surface area contributed by atoms with Gasteiger partial charge < -0.3 is 5.73 Å². The minimum atomic E-state index is 0.533. The highest BCUT2D eigenvalue weighted by atomic mass is 31.0. The molecule has 0 aromatic carbocycles. The van der Waals surface area contributed by atoms with Crippen LogP contribution in [0.15, 0.2) is 0 Å². The third-order valence-electron chi connectivity index (χ3n) is 1.61. The van der Waals surface area contributed by atoms with Crippen LogP contribution < -0.4 is 5.73 Å². The first-order chi connectivity index (χ1) is 3.33. The predicted octanol–water partition coefficient (Wildman–Crippen LogP) is 0.599. The lowest BCUT2D eigenvalue weighted by Crippen LogP contribution is -2.36. The molecule has 2 heteroatoms. The lowest BCUT2D eigenvalue weighted by atomic mass is 9.82. The number of rotatable bonds is 1. The van der Waals surface area contributed by atoms with E-state index in [1.807, 2.05) is 0 Å². The molecule has 1 fully saturated rings. The molecular formula is C5H12NP. The van der Waals surface area contributed by atoms with Crippen LogP contribution in [0.4, 0.5) is 0 Å². The van der Waals surface area contributed by atoms with Crippen molar-refractivity contribution in [2.24, 2.45) is 11.7 Å². The molecule has 42 valence electrons. The lowest BCUT2D eigenvalue weighted by molar-refractivity contribution is 0.295. The third-order valence-corrected chi connectivity index (χ3v) is 2.27. The van der Waals surface area contributed by atoms with Crippen LogP contribution >= 0.6 is 9.24 Å². The van der Waals surface area contributed by atoms with Crippen molar-refractivity contribution in [2.45, 2.75) is 18.9 Å². The van der Waals surface area contributed by atoms with Gasteiger partial charge in [0.25, 0.3) is 0 Å². The minimum absolute atomic E-state index is 0.533. The van der Waals surface area contributed by atoms with E-state index in [1.54, 1.807) is 0 Å². The maximum Gasteiger partial charge on any atom is 0.00443 e. The number of nitrogens with two attached hydrogens (primary N) is 1. The van der Waals surface area contributed by atoms with Crippen molar-refractivity contribution in [3.63, 3.8) is 0 Å². The summed E-state index contributed by atoms with van der Waals surface area (Å²) < 4.78 is 0. The summed E-state index contributed by atoms with van der Waals surface area (Å²) >= 11 is 0. The fraction of sp³-hybridized carbons (Fsp3) is 1.00. The molecule has 1 saturated carbocycles. The van der Waals surface area contributed by atoms with Gasteiger partial charge in [0.15, 0.2) is 0 Å². The van der Waals surface area contributed by atoms with Crippen LogP contribution in [0.1, 0.15) is 12.8 Å². The minimum Gasteiger partial charge on any atom is -0.328 e. The Hall–Kier alpha value is 0.390. The van der Waals surface area contributed by atoms with Gasteiger partial charge >= 0.3 is 0 Å². The molecule has 0 radical (unpaired) electrons.